The maximum Gasteiger partial charge on any atom is 0.346 e. The lowest BCUT2D eigenvalue weighted by atomic mass is 10.1. The van der Waals surface area contributed by atoms with Crippen LogP contribution in [-0.2, 0) is 4.79 Å². The Kier molecular flexibility index (Phi) is 7.02. The summed E-state index contributed by atoms with van der Waals surface area (Å²) in [7, 11) is 0. The van der Waals surface area contributed by atoms with Gasteiger partial charge in [-0.05, 0) is 86.2 Å². The van der Waals surface area contributed by atoms with Gasteiger partial charge in [-0.2, -0.15) is 5.26 Å². The van der Waals surface area contributed by atoms with Crippen molar-refractivity contribution in [3.05, 3.63) is 119 Å². The van der Waals surface area contributed by atoms with Crippen LogP contribution in [0.15, 0.2) is 107 Å². The zero-order valence-electron chi connectivity index (χ0n) is 21.4. The molecule has 5 rings (SSSR count). The van der Waals surface area contributed by atoms with Gasteiger partial charge in [-0.25, -0.2) is 4.79 Å². The molecule has 190 valence electrons. The van der Waals surface area contributed by atoms with E-state index in [2.05, 4.69) is 77.5 Å². The van der Waals surface area contributed by atoms with Gasteiger partial charge in [0.15, 0.2) is 0 Å². The molecule has 0 amide bonds. The molecule has 0 spiro atoms. The number of anilines is 3. The Morgan fingerprint density at radius 2 is 1.15 bits per heavy atom. The van der Waals surface area contributed by atoms with Gasteiger partial charge in [0.1, 0.15) is 11.6 Å². The van der Waals surface area contributed by atoms with Gasteiger partial charge < -0.3 is 14.4 Å². The molecule has 0 saturated heterocycles. The number of carboxylic acid groups (broad SMARTS) is 1. The molecular formula is C32H24N4O3. The van der Waals surface area contributed by atoms with Gasteiger partial charge in [0.05, 0.1) is 0 Å². The van der Waals surface area contributed by atoms with Gasteiger partial charge in [-0.15, -0.1) is 10.2 Å². The first-order chi connectivity index (χ1) is 18.9. The van der Waals surface area contributed by atoms with E-state index in [1.54, 1.807) is 30.3 Å². The Hall–Kier alpha value is -5.48. The van der Waals surface area contributed by atoms with Crippen LogP contribution < -0.4 is 4.90 Å². The topological polar surface area (TPSA) is 103 Å². The van der Waals surface area contributed by atoms with Gasteiger partial charge in [-0.3, -0.25) is 0 Å². The quantitative estimate of drug-likeness (QED) is 0.178. The second kappa shape index (κ2) is 10.9. The molecule has 7 nitrogen and oxygen atoms in total. The smallest absolute Gasteiger partial charge is 0.346 e. The monoisotopic (exact) mass is 512 g/mol. The lowest BCUT2D eigenvalue weighted by molar-refractivity contribution is -0.132. The van der Waals surface area contributed by atoms with Gasteiger partial charge in [-0.1, -0.05) is 47.5 Å². The van der Waals surface area contributed by atoms with Gasteiger partial charge >= 0.3 is 5.97 Å². The molecule has 4 aromatic carbocycles. The number of hydrogen-bond donors (Lipinski definition) is 1. The summed E-state index contributed by atoms with van der Waals surface area (Å²) in [5, 5.41) is 26.4. The van der Waals surface area contributed by atoms with Crippen molar-refractivity contribution in [1.29, 1.82) is 5.26 Å². The molecule has 39 heavy (non-hydrogen) atoms. The summed E-state index contributed by atoms with van der Waals surface area (Å²) in [6, 6.07) is 33.3. The molecule has 7 heteroatoms. The summed E-state index contributed by atoms with van der Waals surface area (Å²) >= 11 is 0. The molecule has 0 aliphatic rings. The van der Waals surface area contributed by atoms with Crippen molar-refractivity contribution in [2.24, 2.45) is 0 Å². The minimum Gasteiger partial charge on any atom is -0.477 e. The predicted octanol–water partition coefficient (Wildman–Crippen LogP) is 7.48. The molecule has 0 aliphatic heterocycles. The fourth-order valence-electron chi connectivity index (χ4n) is 4.07. The highest BCUT2D eigenvalue weighted by molar-refractivity contribution is 5.96. The van der Waals surface area contributed by atoms with Crippen molar-refractivity contribution < 1.29 is 14.3 Å². The van der Waals surface area contributed by atoms with Crippen LogP contribution in [0.2, 0.25) is 0 Å². The third kappa shape index (κ3) is 5.60. The summed E-state index contributed by atoms with van der Waals surface area (Å²) < 4.78 is 5.93. The molecule has 0 unspecified atom stereocenters. The van der Waals surface area contributed by atoms with E-state index >= 15 is 0 Å². The SMILES string of the molecule is Cc1ccc(N(c2ccc(C)cc2)c2ccc(-c3nnc(-c4ccc(/C=C(/C#N)C(=O)O)cc4)o3)cc2)cc1. The van der Waals surface area contributed by atoms with Crippen molar-refractivity contribution >= 4 is 29.1 Å². The predicted molar refractivity (Wildman–Crippen MR) is 151 cm³/mol. The number of nitrogens with zero attached hydrogens (tertiary/aromatic N) is 4. The van der Waals surface area contributed by atoms with Crippen LogP contribution in [0.4, 0.5) is 17.1 Å². The van der Waals surface area contributed by atoms with Crippen molar-refractivity contribution in [2.45, 2.75) is 13.8 Å². The Bertz CT molecular complexity index is 1630. The molecule has 1 heterocycles. The number of aromatic nitrogens is 2. The van der Waals surface area contributed by atoms with Gasteiger partial charge in [0.2, 0.25) is 11.8 Å². The van der Waals surface area contributed by atoms with Crippen molar-refractivity contribution in [3.8, 4) is 29.0 Å². The molecule has 5 aromatic rings. The molecule has 0 saturated carbocycles. The van der Waals surface area contributed by atoms with E-state index in [0.717, 1.165) is 22.6 Å². The van der Waals surface area contributed by atoms with Gasteiger partial charge in [0, 0.05) is 28.2 Å². The molecular weight excluding hydrogens is 488 g/mol. The number of benzene rings is 4. The number of hydrogen-bond acceptors (Lipinski definition) is 6. The van der Waals surface area contributed by atoms with E-state index in [-0.39, 0.29) is 5.57 Å². The number of nitriles is 1. The van der Waals surface area contributed by atoms with Crippen LogP contribution >= 0.6 is 0 Å². The van der Waals surface area contributed by atoms with Crippen molar-refractivity contribution in [3.63, 3.8) is 0 Å². The number of aliphatic carboxylic acids is 1. The van der Waals surface area contributed by atoms with Crippen LogP contribution in [0.1, 0.15) is 16.7 Å². The minimum atomic E-state index is -1.27. The molecule has 1 aromatic heterocycles. The molecule has 0 aliphatic carbocycles. The molecule has 0 radical (unpaired) electrons. The number of carboxylic acids is 1. The average molecular weight is 513 g/mol. The first-order valence-corrected chi connectivity index (χ1v) is 12.2. The summed E-state index contributed by atoms with van der Waals surface area (Å²) in [5.41, 5.74) is 7.21. The standard InChI is InChI=1S/C32H24N4O3/c1-21-3-13-27(14-4-21)36(28-15-5-22(2)6-16-28)29-17-11-25(12-18-29)31-35-34-30(39-31)24-9-7-23(8-10-24)19-26(20-33)32(37)38/h3-19H,1-2H3,(H,37,38)/b26-19-. The van der Waals surface area contributed by atoms with E-state index in [4.69, 9.17) is 14.8 Å². The van der Waals surface area contributed by atoms with Crippen LogP contribution in [-0.4, -0.2) is 21.3 Å². The van der Waals surface area contributed by atoms with Crippen LogP contribution in [0.5, 0.6) is 0 Å². The highest BCUT2D eigenvalue weighted by Gasteiger charge is 2.15. The van der Waals surface area contributed by atoms with E-state index < -0.39 is 5.97 Å². The van der Waals surface area contributed by atoms with Crippen LogP contribution in [0.25, 0.3) is 29.0 Å². The zero-order chi connectivity index (χ0) is 27.4. The fraction of sp³-hybridized carbons (Fsp3) is 0.0625. The maximum absolute atomic E-state index is 11.1. The Balaban J connectivity index is 1.40. The number of rotatable bonds is 7. The Morgan fingerprint density at radius 1 is 0.744 bits per heavy atom. The third-order valence-electron chi connectivity index (χ3n) is 6.20. The highest BCUT2D eigenvalue weighted by atomic mass is 16.4. The normalized spacial score (nSPS) is 11.2. The number of aryl methyl sites for hydroxylation is 2. The first-order valence-electron chi connectivity index (χ1n) is 12.2. The van der Waals surface area contributed by atoms with Crippen LogP contribution in [0, 0.1) is 25.2 Å². The lowest BCUT2D eigenvalue weighted by Crippen LogP contribution is -2.09. The van der Waals surface area contributed by atoms with Crippen molar-refractivity contribution in [2.75, 3.05) is 4.90 Å². The molecule has 0 fully saturated rings. The molecule has 1 N–H and O–H groups in total. The van der Waals surface area contributed by atoms with Crippen molar-refractivity contribution in [1.82, 2.24) is 10.2 Å². The second-order valence-electron chi connectivity index (χ2n) is 9.06. The average Bonchev–Trinajstić information content (AvgIpc) is 3.45. The Morgan fingerprint density at radius 3 is 1.56 bits per heavy atom. The molecule has 0 bridgehead atoms. The maximum atomic E-state index is 11.1. The largest absolute Gasteiger partial charge is 0.477 e. The van der Waals surface area contributed by atoms with E-state index in [9.17, 15) is 4.79 Å². The van der Waals surface area contributed by atoms with E-state index in [1.165, 1.54) is 17.2 Å². The molecule has 0 atom stereocenters. The lowest BCUT2D eigenvalue weighted by Gasteiger charge is -2.25. The van der Waals surface area contributed by atoms with Crippen LogP contribution in [0.3, 0.4) is 0 Å². The first kappa shape index (κ1) is 25.2. The zero-order valence-corrected chi connectivity index (χ0v) is 21.4. The third-order valence-corrected chi connectivity index (χ3v) is 6.20. The summed E-state index contributed by atoms with van der Waals surface area (Å²) in [4.78, 5) is 13.3. The summed E-state index contributed by atoms with van der Waals surface area (Å²) in [6.07, 6.45) is 1.31. The number of carbonyl (C=O) groups is 1. The second-order valence-corrected chi connectivity index (χ2v) is 9.06. The fourth-order valence-corrected chi connectivity index (χ4v) is 4.07. The highest BCUT2D eigenvalue weighted by Crippen LogP contribution is 2.36. The minimum absolute atomic E-state index is 0.337. The summed E-state index contributed by atoms with van der Waals surface area (Å²) in [6.45, 7) is 4.14. The van der Waals surface area contributed by atoms with E-state index in [1.807, 2.05) is 24.3 Å². The summed E-state index contributed by atoms with van der Waals surface area (Å²) in [5.74, 6) is -0.547. The van der Waals surface area contributed by atoms with E-state index in [0.29, 0.717) is 22.9 Å². The Labute approximate surface area is 225 Å². The van der Waals surface area contributed by atoms with Gasteiger partial charge in [0.25, 0.3) is 0 Å².